The first-order valence-corrected chi connectivity index (χ1v) is 13.6. The van der Waals surface area contributed by atoms with E-state index in [4.69, 9.17) is 15.9 Å². The summed E-state index contributed by atoms with van der Waals surface area (Å²) in [7, 11) is 1.76. The van der Waals surface area contributed by atoms with Crippen molar-refractivity contribution in [3.8, 4) is 11.8 Å². The SMILES string of the molecule is CC[C@H](Nc1nc(N)nc(C)c1C#N)c1nc2cccc(CN(C)c3ncc(C(=O)NO)cn3)c2c(=O)n1-c1ccccc1. The molecule has 0 fully saturated rings. The van der Waals surface area contributed by atoms with Crippen LogP contribution >= 0.6 is 0 Å². The van der Waals surface area contributed by atoms with Crippen LogP contribution in [0.5, 0.6) is 0 Å². The van der Waals surface area contributed by atoms with Crippen LogP contribution in [0.1, 0.15) is 52.4 Å². The average Bonchev–Trinajstić information content (AvgIpc) is 3.03. The van der Waals surface area contributed by atoms with Gasteiger partial charge in [-0.3, -0.25) is 19.4 Å². The maximum Gasteiger partial charge on any atom is 0.277 e. The van der Waals surface area contributed by atoms with E-state index < -0.39 is 11.9 Å². The van der Waals surface area contributed by atoms with Crippen molar-refractivity contribution in [3.05, 3.63) is 99.5 Å². The molecule has 0 unspecified atom stereocenters. The second kappa shape index (κ2) is 12.5. The number of nitrogens with one attached hydrogen (secondary N) is 2. The number of nitrogens with zero attached hydrogens (tertiary/aromatic N) is 8. The molecule has 0 saturated carbocycles. The van der Waals surface area contributed by atoms with Crippen LogP contribution in [0.4, 0.5) is 17.7 Å². The van der Waals surface area contributed by atoms with E-state index in [9.17, 15) is 14.9 Å². The highest BCUT2D eigenvalue weighted by Crippen LogP contribution is 2.27. The van der Waals surface area contributed by atoms with Crippen molar-refractivity contribution < 1.29 is 10.0 Å². The minimum absolute atomic E-state index is 0.0230. The lowest BCUT2D eigenvalue weighted by atomic mass is 10.1. The normalized spacial score (nSPS) is 11.5. The Labute approximate surface area is 251 Å². The van der Waals surface area contributed by atoms with Crippen molar-refractivity contribution >= 4 is 34.5 Å². The van der Waals surface area contributed by atoms with E-state index in [-0.39, 0.29) is 35.0 Å². The summed E-state index contributed by atoms with van der Waals surface area (Å²) in [4.78, 5) is 49.6. The van der Waals surface area contributed by atoms with E-state index >= 15 is 0 Å². The predicted molar refractivity (Wildman–Crippen MR) is 163 cm³/mol. The summed E-state index contributed by atoms with van der Waals surface area (Å²) < 4.78 is 1.56. The lowest BCUT2D eigenvalue weighted by Gasteiger charge is -2.24. The summed E-state index contributed by atoms with van der Waals surface area (Å²) in [6, 6.07) is 16.2. The molecule has 2 aromatic carbocycles. The third kappa shape index (κ3) is 5.72. The fourth-order valence-corrected chi connectivity index (χ4v) is 4.88. The molecule has 3 aromatic heterocycles. The van der Waals surface area contributed by atoms with E-state index in [2.05, 4.69) is 31.3 Å². The highest BCUT2D eigenvalue weighted by Gasteiger charge is 2.24. The van der Waals surface area contributed by atoms with Gasteiger partial charge in [-0.25, -0.2) is 25.4 Å². The van der Waals surface area contributed by atoms with Crippen LogP contribution in [-0.2, 0) is 6.54 Å². The van der Waals surface area contributed by atoms with Crippen LogP contribution < -0.4 is 27.0 Å². The molecule has 44 heavy (non-hydrogen) atoms. The van der Waals surface area contributed by atoms with Gasteiger partial charge in [0.2, 0.25) is 11.9 Å². The molecule has 0 saturated heterocycles. The molecule has 5 rings (SSSR count). The largest absolute Gasteiger partial charge is 0.368 e. The molecule has 0 bridgehead atoms. The third-order valence-corrected chi connectivity index (χ3v) is 7.02. The molecule has 0 spiro atoms. The van der Waals surface area contributed by atoms with Gasteiger partial charge in [-0.05, 0) is 37.1 Å². The number of benzene rings is 2. The number of rotatable bonds is 9. The Balaban J connectivity index is 1.62. The third-order valence-electron chi connectivity index (χ3n) is 7.02. The summed E-state index contributed by atoms with van der Waals surface area (Å²) in [5.74, 6) is 0.304. The lowest BCUT2D eigenvalue weighted by Crippen LogP contribution is -2.30. The number of aryl methyl sites for hydroxylation is 1. The fraction of sp³-hybridized carbons (Fsp3) is 0.200. The topological polar surface area (TPSA) is 201 Å². The summed E-state index contributed by atoms with van der Waals surface area (Å²) in [6.07, 6.45) is 3.10. The molecule has 14 nitrogen and oxygen atoms in total. The number of carbonyl (C=O) groups is 1. The summed E-state index contributed by atoms with van der Waals surface area (Å²) >= 11 is 0. The van der Waals surface area contributed by atoms with Crippen LogP contribution in [0.2, 0.25) is 0 Å². The number of aromatic nitrogens is 6. The number of hydrogen-bond donors (Lipinski definition) is 4. The zero-order valence-corrected chi connectivity index (χ0v) is 24.2. The Bertz CT molecular complexity index is 1940. The first-order valence-electron chi connectivity index (χ1n) is 13.6. The summed E-state index contributed by atoms with van der Waals surface area (Å²) in [6.45, 7) is 3.88. The zero-order valence-electron chi connectivity index (χ0n) is 24.2. The summed E-state index contributed by atoms with van der Waals surface area (Å²) in [5, 5.41) is 22.3. The second-order valence-electron chi connectivity index (χ2n) is 9.93. The van der Waals surface area contributed by atoms with E-state index in [0.29, 0.717) is 46.0 Å². The maximum atomic E-state index is 14.4. The summed E-state index contributed by atoms with van der Waals surface area (Å²) in [5.41, 5.74) is 9.74. The van der Waals surface area contributed by atoms with Gasteiger partial charge in [0.25, 0.3) is 11.5 Å². The molecule has 5 aromatic rings. The minimum atomic E-state index is -0.723. The molecule has 3 heterocycles. The fourth-order valence-electron chi connectivity index (χ4n) is 4.88. The molecular formula is C30H29N11O3. The van der Waals surface area contributed by atoms with Gasteiger partial charge in [0, 0.05) is 26.0 Å². The van der Waals surface area contributed by atoms with Gasteiger partial charge in [-0.1, -0.05) is 37.3 Å². The van der Waals surface area contributed by atoms with Crippen LogP contribution in [0.3, 0.4) is 0 Å². The highest BCUT2D eigenvalue weighted by molar-refractivity contribution is 5.92. The molecular weight excluding hydrogens is 562 g/mol. The zero-order chi connectivity index (χ0) is 31.4. The smallest absolute Gasteiger partial charge is 0.277 e. The van der Waals surface area contributed by atoms with E-state index in [1.54, 1.807) is 35.0 Å². The second-order valence-corrected chi connectivity index (χ2v) is 9.93. The molecule has 0 radical (unpaired) electrons. The van der Waals surface area contributed by atoms with Gasteiger partial charge in [0.05, 0.1) is 33.9 Å². The van der Waals surface area contributed by atoms with Crippen LogP contribution in [-0.4, -0.2) is 47.6 Å². The molecule has 1 amide bonds. The predicted octanol–water partition coefficient (Wildman–Crippen LogP) is 3.05. The number of hydroxylamine groups is 1. The standard InChI is InChI=1S/C30H29N11O3/c1-4-22(36-25-21(13-31)17(2)35-29(32)38-25)26-37-23-12-8-9-18(24(23)28(43)41(26)20-10-6-5-7-11-20)16-40(3)30-33-14-19(15-34-30)27(42)39-44/h5-12,14-15,22,44H,4,16H2,1-3H3,(H,39,42)(H3,32,35,36,38)/t22-/m0/s1. The van der Waals surface area contributed by atoms with Crippen molar-refractivity contribution in [2.45, 2.75) is 32.9 Å². The maximum absolute atomic E-state index is 14.4. The highest BCUT2D eigenvalue weighted by atomic mass is 16.5. The van der Waals surface area contributed by atoms with Crippen LogP contribution in [0, 0.1) is 18.3 Å². The Morgan fingerprint density at radius 2 is 1.84 bits per heavy atom. The first kappa shape index (κ1) is 29.5. The van der Waals surface area contributed by atoms with Crippen molar-refractivity contribution in [2.24, 2.45) is 0 Å². The Kier molecular flexibility index (Phi) is 8.40. The van der Waals surface area contributed by atoms with Gasteiger partial charge in [0.15, 0.2) is 0 Å². The number of nitriles is 1. The number of nitrogen functional groups attached to an aromatic ring is 1. The molecule has 1 atom stereocenters. The lowest BCUT2D eigenvalue weighted by molar-refractivity contribution is 0.0705. The number of para-hydroxylation sites is 1. The molecule has 14 heteroatoms. The van der Waals surface area contributed by atoms with E-state index in [1.807, 2.05) is 49.4 Å². The van der Waals surface area contributed by atoms with Crippen molar-refractivity contribution in [1.29, 1.82) is 5.26 Å². The first-order chi connectivity index (χ1) is 21.2. The Morgan fingerprint density at radius 3 is 2.50 bits per heavy atom. The molecule has 0 aliphatic heterocycles. The Morgan fingerprint density at radius 1 is 1.11 bits per heavy atom. The number of anilines is 3. The van der Waals surface area contributed by atoms with Crippen LogP contribution in [0.15, 0.2) is 65.7 Å². The minimum Gasteiger partial charge on any atom is -0.368 e. The van der Waals surface area contributed by atoms with E-state index in [1.165, 1.54) is 12.4 Å². The van der Waals surface area contributed by atoms with E-state index in [0.717, 1.165) is 0 Å². The van der Waals surface area contributed by atoms with Gasteiger partial charge in [0.1, 0.15) is 23.3 Å². The van der Waals surface area contributed by atoms with Crippen molar-refractivity contribution in [3.63, 3.8) is 0 Å². The number of nitrogens with two attached hydrogens (primary N) is 1. The number of carbonyl (C=O) groups excluding carboxylic acids is 1. The molecule has 0 aliphatic carbocycles. The number of fused-ring (bicyclic) bond motifs is 1. The van der Waals surface area contributed by atoms with Gasteiger partial charge in [-0.2, -0.15) is 10.2 Å². The van der Waals surface area contributed by atoms with Crippen molar-refractivity contribution in [2.75, 3.05) is 23.0 Å². The van der Waals surface area contributed by atoms with Crippen LogP contribution in [0.25, 0.3) is 16.6 Å². The van der Waals surface area contributed by atoms with Gasteiger partial charge >= 0.3 is 0 Å². The Hall–Kier alpha value is -5.94. The van der Waals surface area contributed by atoms with Gasteiger partial charge in [-0.15, -0.1) is 0 Å². The quantitative estimate of drug-likeness (QED) is 0.144. The average molecular weight is 592 g/mol. The number of hydrogen-bond acceptors (Lipinski definition) is 12. The number of amides is 1. The molecule has 222 valence electrons. The molecule has 0 aliphatic rings. The molecule has 5 N–H and O–H groups in total. The van der Waals surface area contributed by atoms with Gasteiger partial charge < -0.3 is 16.0 Å². The van der Waals surface area contributed by atoms with Crippen molar-refractivity contribution in [1.82, 2.24) is 35.0 Å². The monoisotopic (exact) mass is 591 g/mol.